The summed E-state index contributed by atoms with van der Waals surface area (Å²) in [4.78, 5) is 17.3. The quantitative estimate of drug-likeness (QED) is 0.223. The van der Waals surface area contributed by atoms with E-state index in [1.165, 1.54) is 47.4 Å². The molecule has 1 amide bonds. The predicted octanol–water partition coefficient (Wildman–Crippen LogP) is 6.70. The zero-order chi connectivity index (χ0) is 29.7. The largest absolute Gasteiger partial charge is 0.456 e. The molecule has 4 aromatic carbocycles. The smallest absolute Gasteiger partial charge is 0.261 e. The summed E-state index contributed by atoms with van der Waals surface area (Å²) in [6.45, 7) is 3.41. The fourth-order valence-electron chi connectivity index (χ4n) is 4.51. The Morgan fingerprint density at radius 1 is 0.952 bits per heavy atom. The molecule has 1 aliphatic rings. The standard InChI is InChI=1S/C31H29Cl2N3O5S/c1-35(21-22-6-9-24(10-7-22)36-16-18-40-19-17-36)31(37)27-20-23(32)8-15-29(27)34-42(38,39)26-13-11-25(12-14-26)41-30-5-3-2-4-28(30)33/h2-15,20,34H,16-19,21H2,1H3. The van der Waals surface area contributed by atoms with Gasteiger partial charge in [-0.1, -0.05) is 47.5 Å². The lowest BCUT2D eigenvalue weighted by Gasteiger charge is -2.29. The first-order chi connectivity index (χ1) is 20.2. The van der Waals surface area contributed by atoms with Gasteiger partial charge in [0.15, 0.2) is 0 Å². The second-order valence-electron chi connectivity index (χ2n) is 9.73. The van der Waals surface area contributed by atoms with E-state index in [1.54, 1.807) is 31.3 Å². The number of carbonyl (C=O) groups is 1. The van der Waals surface area contributed by atoms with Gasteiger partial charge in [-0.15, -0.1) is 0 Å². The molecule has 0 aliphatic carbocycles. The van der Waals surface area contributed by atoms with Gasteiger partial charge in [-0.2, -0.15) is 0 Å². The summed E-state index contributed by atoms with van der Waals surface area (Å²) in [7, 11) is -2.38. The monoisotopic (exact) mass is 625 g/mol. The van der Waals surface area contributed by atoms with Crippen molar-refractivity contribution >= 4 is 50.5 Å². The van der Waals surface area contributed by atoms with Crippen LogP contribution in [-0.2, 0) is 21.3 Å². The van der Waals surface area contributed by atoms with Gasteiger partial charge in [-0.05, 0) is 72.3 Å². The summed E-state index contributed by atoms with van der Waals surface area (Å²) in [5.41, 5.74) is 2.30. The van der Waals surface area contributed by atoms with Gasteiger partial charge in [-0.25, -0.2) is 8.42 Å². The number of halogens is 2. The van der Waals surface area contributed by atoms with Gasteiger partial charge in [0.05, 0.1) is 34.4 Å². The van der Waals surface area contributed by atoms with E-state index in [9.17, 15) is 13.2 Å². The number of hydrogen-bond donors (Lipinski definition) is 1. The summed E-state index contributed by atoms with van der Waals surface area (Å²) >= 11 is 12.4. The number of morpholine rings is 1. The van der Waals surface area contributed by atoms with Gasteiger partial charge in [0.1, 0.15) is 11.5 Å². The molecule has 218 valence electrons. The first-order valence-corrected chi connectivity index (χ1v) is 15.5. The summed E-state index contributed by atoms with van der Waals surface area (Å²) in [6.07, 6.45) is 0. The number of para-hydroxylation sites is 1. The Morgan fingerprint density at radius 2 is 1.64 bits per heavy atom. The van der Waals surface area contributed by atoms with Crippen LogP contribution in [0, 0.1) is 0 Å². The van der Waals surface area contributed by atoms with Crippen LogP contribution >= 0.6 is 23.2 Å². The normalized spacial score (nSPS) is 13.5. The van der Waals surface area contributed by atoms with Crippen LogP contribution in [0.2, 0.25) is 10.0 Å². The molecule has 0 aromatic heterocycles. The molecule has 0 atom stereocenters. The molecule has 0 spiro atoms. The molecule has 0 unspecified atom stereocenters. The highest BCUT2D eigenvalue weighted by Crippen LogP contribution is 2.30. The van der Waals surface area contributed by atoms with E-state index in [1.807, 2.05) is 24.3 Å². The zero-order valence-electron chi connectivity index (χ0n) is 22.8. The summed E-state index contributed by atoms with van der Waals surface area (Å²) in [6, 6.07) is 25.4. The summed E-state index contributed by atoms with van der Waals surface area (Å²) < 4.78 is 40.2. The Balaban J connectivity index is 1.29. The summed E-state index contributed by atoms with van der Waals surface area (Å²) in [5.74, 6) is 0.495. The van der Waals surface area contributed by atoms with Crippen LogP contribution in [0.5, 0.6) is 11.5 Å². The molecule has 1 saturated heterocycles. The number of carbonyl (C=O) groups excluding carboxylic acids is 1. The van der Waals surface area contributed by atoms with Crippen LogP contribution < -0.4 is 14.4 Å². The maximum atomic E-state index is 13.5. The maximum Gasteiger partial charge on any atom is 0.261 e. The number of sulfonamides is 1. The van der Waals surface area contributed by atoms with E-state index in [4.69, 9.17) is 32.7 Å². The van der Waals surface area contributed by atoms with Crippen molar-refractivity contribution in [1.29, 1.82) is 0 Å². The number of nitrogens with one attached hydrogen (secondary N) is 1. The molecule has 1 N–H and O–H groups in total. The van der Waals surface area contributed by atoms with Crippen molar-refractivity contribution in [2.24, 2.45) is 0 Å². The van der Waals surface area contributed by atoms with E-state index in [-0.39, 0.29) is 22.1 Å². The van der Waals surface area contributed by atoms with Crippen molar-refractivity contribution in [2.75, 3.05) is 43.0 Å². The molecule has 0 bridgehead atoms. The van der Waals surface area contributed by atoms with E-state index in [0.29, 0.717) is 41.3 Å². The van der Waals surface area contributed by atoms with Crippen LogP contribution in [0.3, 0.4) is 0 Å². The Bertz CT molecular complexity index is 1660. The molecule has 5 rings (SSSR count). The first kappa shape index (κ1) is 29.7. The Morgan fingerprint density at radius 3 is 2.33 bits per heavy atom. The lowest BCUT2D eigenvalue weighted by molar-refractivity contribution is 0.0786. The lowest BCUT2D eigenvalue weighted by Crippen LogP contribution is -2.36. The van der Waals surface area contributed by atoms with Crippen LogP contribution in [0.1, 0.15) is 15.9 Å². The molecular weight excluding hydrogens is 597 g/mol. The van der Waals surface area contributed by atoms with E-state index >= 15 is 0 Å². The third-order valence-corrected chi connectivity index (χ3v) is 8.66. The van der Waals surface area contributed by atoms with Crippen molar-refractivity contribution in [3.8, 4) is 11.5 Å². The highest BCUT2D eigenvalue weighted by molar-refractivity contribution is 7.92. The lowest BCUT2D eigenvalue weighted by atomic mass is 10.1. The molecule has 8 nitrogen and oxygen atoms in total. The van der Waals surface area contributed by atoms with E-state index in [0.717, 1.165) is 24.3 Å². The second-order valence-corrected chi connectivity index (χ2v) is 12.3. The highest BCUT2D eigenvalue weighted by atomic mass is 35.5. The molecule has 1 fully saturated rings. The number of hydrogen-bond acceptors (Lipinski definition) is 6. The van der Waals surface area contributed by atoms with Gasteiger partial charge >= 0.3 is 0 Å². The van der Waals surface area contributed by atoms with Crippen LogP contribution in [0.4, 0.5) is 11.4 Å². The maximum absolute atomic E-state index is 13.5. The molecule has 11 heteroatoms. The highest BCUT2D eigenvalue weighted by Gasteiger charge is 2.22. The average Bonchev–Trinajstić information content (AvgIpc) is 3.00. The molecule has 1 heterocycles. The molecule has 0 saturated carbocycles. The van der Waals surface area contributed by atoms with Gasteiger partial charge in [-0.3, -0.25) is 9.52 Å². The van der Waals surface area contributed by atoms with Crippen LogP contribution in [0.15, 0.2) is 95.9 Å². The van der Waals surface area contributed by atoms with Gasteiger partial charge in [0.2, 0.25) is 0 Å². The SMILES string of the molecule is CN(Cc1ccc(N2CCOCC2)cc1)C(=O)c1cc(Cl)ccc1NS(=O)(=O)c1ccc(Oc2ccccc2Cl)cc1. The van der Waals surface area contributed by atoms with Crippen LogP contribution in [0.25, 0.3) is 0 Å². The number of benzene rings is 4. The van der Waals surface area contributed by atoms with Crippen LogP contribution in [-0.4, -0.2) is 52.6 Å². The number of amides is 1. The minimum absolute atomic E-state index is 0.00364. The second kappa shape index (κ2) is 13.0. The molecule has 4 aromatic rings. The fraction of sp³-hybridized carbons (Fsp3) is 0.194. The Hall–Kier alpha value is -3.76. The molecule has 1 aliphatic heterocycles. The van der Waals surface area contributed by atoms with Crippen molar-refractivity contribution in [2.45, 2.75) is 11.4 Å². The van der Waals surface area contributed by atoms with E-state index < -0.39 is 10.0 Å². The third-order valence-electron chi connectivity index (χ3n) is 6.73. The predicted molar refractivity (Wildman–Crippen MR) is 165 cm³/mol. The van der Waals surface area contributed by atoms with Crippen molar-refractivity contribution in [3.05, 3.63) is 112 Å². The molecular formula is C31H29Cl2N3O5S. The molecule has 0 radical (unpaired) electrons. The number of anilines is 2. The molecule has 42 heavy (non-hydrogen) atoms. The first-order valence-electron chi connectivity index (χ1n) is 13.2. The van der Waals surface area contributed by atoms with Gasteiger partial charge < -0.3 is 19.3 Å². The summed E-state index contributed by atoms with van der Waals surface area (Å²) in [5, 5.41) is 0.747. The number of nitrogens with zero attached hydrogens (tertiary/aromatic N) is 2. The fourth-order valence-corrected chi connectivity index (χ4v) is 5.94. The minimum Gasteiger partial charge on any atom is -0.456 e. The third kappa shape index (κ3) is 7.17. The van der Waals surface area contributed by atoms with Gasteiger partial charge in [0, 0.05) is 37.4 Å². The van der Waals surface area contributed by atoms with Gasteiger partial charge in [0.25, 0.3) is 15.9 Å². The van der Waals surface area contributed by atoms with Crippen molar-refractivity contribution in [3.63, 3.8) is 0 Å². The average molecular weight is 627 g/mol. The Kier molecular flexibility index (Phi) is 9.23. The number of ether oxygens (including phenoxy) is 2. The minimum atomic E-state index is -4.04. The Labute approximate surface area is 255 Å². The zero-order valence-corrected chi connectivity index (χ0v) is 25.1. The van der Waals surface area contributed by atoms with Crippen molar-refractivity contribution < 1.29 is 22.7 Å². The topological polar surface area (TPSA) is 88.2 Å². The van der Waals surface area contributed by atoms with E-state index in [2.05, 4.69) is 9.62 Å². The van der Waals surface area contributed by atoms with Crippen molar-refractivity contribution in [1.82, 2.24) is 4.90 Å². The number of rotatable bonds is 9.